The Morgan fingerprint density at radius 1 is 1.52 bits per heavy atom. The van der Waals surface area contributed by atoms with Crippen molar-refractivity contribution in [1.29, 1.82) is 0 Å². The summed E-state index contributed by atoms with van der Waals surface area (Å²) in [5, 5.41) is 3.74. The van der Waals surface area contributed by atoms with Gasteiger partial charge < -0.3 is 18.7 Å². The number of hydrogen-bond donors (Lipinski definition) is 0. The van der Waals surface area contributed by atoms with Crippen molar-refractivity contribution in [2.24, 2.45) is 7.05 Å². The molecule has 7 heteroatoms. The van der Waals surface area contributed by atoms with Crippen LogP contribution in [0.15, 0.2) is 16.8 Å². The molecule has 1 aliphatic rings. The molecule has 0 aromatic carbocycles. The monoisotopic (exact) mass is 318 g/mol. The maximum Gasteiger partial charge on any atom is 0.254 e. The predicted octanol–water partition coefficient (Wildman–Crippen LogP) is 1.67. The summed E-state index contributed by atoms with van der Waals surface area (Å²) < 4.78 is 12.2. The molecule has 1 amide bonds. The molecule has 3 rings (SSSR count). The van der Waals surface area contributed by atoms with E-state index >= 15 is 0 Å². The summed E-state index contributed by atoms with van der Waals surface area (Å²) in [6, 6.07) is 1.72. The Morgan fingerprint density at radius 2 is 2.35 bits per heavy atom. The third-order valence-electron chi connectivity index (χ3n) is 4.27. The van der Waals surface area contributed by atoms with Gasteiger partial charge in [0.25, 0.3) is 5.88 Å². The standard InChI is InChI=1S/C16H22N4O3/c1-11-9-19(2)16(17-11)12-6-7-20(10-12)15(21)5-4-13-8-14(22-3)18-23-13/h8-9,12H,4-7,10H2,1-3H3/t12-/m0/s1. The van der Waals surface area contributed by atoms with Gasteiger partial charge in [0.05, 0.1) is 12.8 Å². The first-order valence-corrected chi connectivity index (χ1v) is 7.84. The van der Waals surface area contributed by atoms with Crippen molar-refractivity contribution in [2.45, 2.75) is 32.1 Å². The zero-order valence-electron chi connectivity index (χ0n) is 13.8. The number of amides is 1. The number of nitrogens with zero attached hydrogens (tertiary/aromatic N) is 4. The van der Waals surface area contributed by atoms with Gasteiger partial charge in [-0.25, -0.2) is 4.98 Å². The molecule has 0 unspecified atom stereocenters. The average molecular weight is 318 g/mol. The molecule has 7 nitrogen and oxygen atoms in total. The lowest BCUT2D eigenvalue weighted by Gasteiger charge is -2.16. The van der Waals surface area contributed by atoms with E-state index in [1.165, 1.54) is 7.11 Å². The highest BCUT2D eigenvalue weighted by Crippen LogP contribution is 2.27. The molecule has 0 bridgehead atoms. The minimum absolute atomic E-state index is 0.147. The SMILES string of the molecule is COc1cc(CCC(=O)N2CC[C@H](c3nc(C)cn3C)C2)on1. The summed E-state index contributed by atoms with van der Waals surface area (Å²) in [6.07, 6.45) is 3.95. The number of carbonyl (C=O) groups is 1. The Bertz CT molecular complexity index is 691. The van der Waals surface area contributed by atoms with Crippen LogP contribution in [0.2, 0.25) is 0 Å². The highest BCUT2D eigenvalue weighted by molar-refractivity contribution is 5.76. The predicted molar refractivity (Wildman–Crippen MR) is 83.3 cm³/mol. The Balaban J connectivity index is 1.54. The highest BCUT2D eigenvalue weighted by Gasteiger charge is 2.29. The lowest BCUT2D eigenvalue weighted by molar-refractivity contribution is -0.130. The van der Waals surface area contributed by atoms with Crippen LogP contribution in [0.5, 0.6) is 5.88 Å². The van der Waals surface area contributed by atoms with Gasteiger partial charge in [-0.3, -0.25) is 4.79 Å². The molecule has 1 fully saturated rings. The average Bonchev–Trinajstić information content (AvgIpc) is 3.24. The molecule has 3 heterocycles. The summed E-state index contributed by atoms with van der Waals surface area (Å²) >= 11 is 0. The molecule has 1 atom stereocenters. The van der Waals surface area contributed by atoms with E-state index in [4.69, 9.17) is 9.26 Å². The first kappa shape index (κ1) is 15.6. The van der Waals surface area contributed by atoms with Crippen LogP contribution < -0.4 is 4.74 Å². The Hall–Kier alpha value is -2.31. The molecule has 2 aromatic heterocycles. The normalized spacial score (nSPS) is 17.7. The van der Waals surface area contributed by atoms with Crippen molar-refractivity contribution >= 4 is 5.91 Å². The number of imidazole rings is 1. The van der Waals surface area contributed by atoms with Gasteiger partial charge in [-0.05, 0) is 18.5 Å². The van der Waals surface area contributed by atoms with Gasteiger partial charge in [-0.2, -0.15) is 0 Å². The van der Waals surface area contributed by atoms with Gasteiger partial charge in [0.1, 0.15) is 11.6 Å². The van der Waals surface area contributed by atoms with E-state index in [2.05, 4.69) is 14.7 Å². The number of aromatic nitrogens is 3. The van der Waals surface area contributed by atoms with E-state index in [-0.39, 0.29) is 5.91 Å². The molecule has 0 N–H and O–H groups in total. The van der Waals surface area contributed by atoms with E-state index in [9.17, 15) is 4.79 Å². The Labute approximate surface area is 135 Å². The summed E-state index contributed by atoms with van der Waals surface area (Å²) in [4.78, 5) is 18.9. The van der Waals surface area contributed by atoms with Crippen LogP contribution in [0.1, 0.15) is 36.0 Å². The summed E-state index contributed by atoms with van der Waals surface area (Å²) in [6.45, 7) is 3.52. The molecular formula is C16H22N4O3. The van der Waals surface area contributed by atoms with E-state index in [0.29, 0.717) is 30.4 Å². The minimum Gasteiger partial charge on any atom is -0.479 e. The van der Waals surface area contributed by atoms with Crippen LogP contribution in [0.3, 0.4) is 0 Å². The zero-order valence-corrected chi connectivity index (χ0v) is 13.8. The van der Waals surface area contributed by atoms with Crippen LogP contribution in [0, 0.1) is 6.92 Å². The van der Waals surface area contributed by atoms with E-state index in [1.54, 1.807) is 6.07 Å². The molecule has 0 radical (unpaired) electrons. The molecule has 1 saturated heterocycles. The molecule has 0 aliphatic carbocycles. The second kappa shape index (κ2) is 6.44. The summed E-state index contributed by atoms with van der Waals surface area (Å²) in [7, 11) is 3.55. The number of rotatable bonds is 5. The fourth-order valence-electron chi connectivity index (χ4n) is 3.11. The zero-order chi connectivity index (χ0) is 16.4. The fraction of sp³-hybridized carbons (Fsp3) is 0.562. The molecule has 0 spiro atoms. The maximum atomic E-state index is 12.4. The quantitative estimate of drug-likeness (QED) is 0.838. The molecule has 124 valence electrons. The van der Waals surface area contributed by atoms with Crippen LogP contribution in [0.4, 0.5) is 0 Å². The topological polar surface area (TPSA) is 73.4 Å². The van der Waals surface area contributed by atoms with Gasteiger partial charge in [0.15, 0.2) is 0 Å². The molecule has 2 aromatic rings. The van der Waals surface area contributed by atoms with Gasteiger partial charge in [0, 0.05) is 51.2 Å². The first-order valence-electron chi connectivity index (χ1n) is 7.84. The molecule has 0 saturated carbocycles. The minimum atomic E-state index is 0.147. The Morgan fingerprint density at radius 3 is 3.00 bits per heavy atom. The summed E-state index contributed by atoms with van der Waals surface area (Å²) in [5.41, 5.74) is 1.02. The highest BCUT2D eigenvalue weighted by atomic mass is 16.5. The van der Waals surface area contributed by atoms with Crippen LogP contribution in [-0.4, -0.2) is 45.7 Å². The van der Waals surface area contributed by atoms with Crippen molar-refractivity contribution in [3.63, 3.8) is 0 Å². The molecule has 23 heavy (non-hydrogen) atoms. The van der Waals surface area contributed by atoms with Crippen LogP contribution in [-0.2, 0) is 18.3 Å². The van der Waals surface area contributed by atoms with Gasteiger partial charge in [0.2, 0.25) is 5.91 Å². The lowest BCUT2D eigenvalue weighted by atomic mass is 10.1. The number of likely N-dealkylation sites (tertiary alicyclic amines) is 1. The van der Waals surface area contributed by atoms with E-state index in [1.807, 2.05) is 25.1 Å². The van der Waals surface area contributed by atoms with E-state index in [0.717, 1.165) is 31.0 Å². The number of carbonyl (C=O) groups excluding carboxylic acids is 1. The third-order valence-corrected chi connectivity index (χ3v) is 4.27. The smallest absolute Gasteiger partial charge is 0.254 e. The van der Waals surface area contributed by atoms with Crippen molar-refractivity contribution in [3.8, 4) is 5.88 Å². The second-order valence-electron chi connectivity index (χ2n) is 6.01. The number of methoxy groups -OCH3 is 1. The maximum absolute atomic E-state index is 12.4. The summed E-state index contributed by atoms with van der Waals surface area (Å²) in [5.74, 6) is 2.65. The molecular weight excluding hydrogens is 296 g/mol. The lowest BCUT2D eigenvalue weighted by Crippen LogP contribution is -2.28. The van der Waals surface area contributed by atoms with Gasteiger partial charge in [-0.1, -0.05) is 0 Å². The fourth-order valence-corrected chi connectivity index (χ4v) is 3.11. The van der Waals surface area contributed by atoms with Crippen molar-refractivity contribution in [3.05, 3.63) is 29.5 Å². The number of hydrogen-bond acceptors (Lipinski definition) is 5. The van der Waals surface area contributed by atoms with Gasteiger partial charge >= 0.3 is 0 Å². The first-order chi connectivity index (χ1) is 11.1. The third kappa shape index (κ3) is 3.38. The van der Waals surface area contributed by atoms with Crippen molar-refractivity contribution < 1.29 is 14.1 Å². The van der Waals surface area contributed by atoms with E-state index < -0.39 is 0 Å². The van der Waals surface area contributed by atoms with Crippen molar-refractivity contribution in [2.75, 3.05) is 20.2 Å². The number of aryl methyl sites for hydroxylation is 3. The largest absolute Gasteiger partial charge is 0.479 e. The van der Waals surface area contributed by atoms with Crippen molar-refractivity contribution in [1.82, 2.24) is 19.6 Å². The van der Waals surface area contributed by atoms with Crippen LogP contribution in [0.25, 0.3) is 0 Å². The van der Waals surface area contributed by atoms with Crippen LogP contribution >= 0.6 is 0 Å². The van der Waals surface area contributed by atoms with Gasteiger partial charge in [-0.15, -0.1) is 0 Å². The second-order valence-corrected chi connectivity index (χ2v) is 6.01. The molecule has 1 aliphatic heterocycles. The number of ether oxygens (including phenoxy) is 1. The Kier molecular flexibility index (Phi) is 4.36.